The number of nitrogens with zero attached hydrogens (tertiary/aromatic N) is 1. The smallest absolute Gasteiger partial charge is 0.0817 e. The second-order valence-corrected chi connectivity index (χ2v) is 7.21. The van der Waals surface area contributed by atoms with Gasteiger partial charge in [-0.3, -0.25) is 0 Å². The van der Waals surface area contributed by atoms with Gasteiger partial charge in [0.2, 0.25) is 0 Å². The van der Waals surface area contributed by atoms with Crippen LogP contribution in [0.15, 0.2) is 0 Å². The Balaban J connectivity index is 2.47. The first-order chi connectivity index (χ1) is 9.29. The second-order valence-electron chi connectivity index (χ2n) is 7.21. The van der Waals surface area contributed by atoms with E-state index in [4.69, 9.17) is 4.74 Å². The van der Waals surface area contributed by atoms with Gasteiger partial charge in [-0.1, -0.05) is 27.7 Å². The summed E-state index contributed by atoms with van der Waals surface area (Å²) >= 11 is 0. The van der Waals surface area contributed by atoms with Crippen LogP contribution in [0.2, 0.25) is 0 Å². The highest BCUT2D eigenvalue weighted by Gasteiger charge is 2.33. The predicted octanol–water partition coefficient (Wildman–Crippen LogP) is 1.87. The maximum atomic E-state index is 10.6. The van der Waals surface area contributed by atoms with Gasteiger partial charge in [0.15, 0.2) is 0 Å². The van der Waals surface area contributed by atoms with E-state index in [1.54, 1.807) is 0 Å². The minimum atomic E-state index is -0.562. The van der Waals surface area contributed by atoms with Crippen molar-refractivity contribution in [2.45, 2.75) is 58.6 Å². The van der Waals surface area contributed by atoms with Gasteiger partial charge in [-0.2, -0.15) is 0 Å². The van der Waals surface area contributed by atoms with E-state index in [2.05, 4.69) is 45.0 Å². The van der Waals surface area contributed by atoms with E-state index < -0.39 is 5.60 Å². The Morgan fingerprint density at radius 1 is 1.35 bits per heavy atom. The molecule has 0 radical (unpaired) electrons. The summed E-state index contributed by atoms with van der Waals surface area (Å²) < 4.78 is 5.34. The Hall–Kier alpha value is -0.160. The number of nitrogens with one attached hydrogen (secondary N) is 1. The van der Waals surface area contributed by atoms with Crippen molar-refractivity contribution in [3.05, 3.63) is 0 Å². The lowest BCUT2D eigenvalue weighted by Crippen LogP contribution is -2.49. The molecule has 1 saturated heterocycles. The number of hydrogen-bond donors (Lipinski definition) is 2. The van der Waals surface area contributed by atoms with Crippen molar-refractivity contribution < 1.29 is 9.84 Å². The van der Waals surface area contributed by atoms with Crippen molar-refractivity contribution in [1.82, 2.24) is 10.2 Å². The standard InChI is InChI=1S/C16H34N2O2/c1-6-15(4,11-17-14(2)3)12-18(5)13-16(19)7-9-20-10-8-16/h14,17,19H,6-13H2,1-5H3. The Morgan fingerprint density at radius 3 is 2.45 bits per heavy atom. The molecule has 1 atom stereocenters. The molecule has 0 aliphatic carbocycles. The van der Waals surface area contributed by atoms with Crippen LogP contribution >= 0.6 is 0 Å². The summed E-state index contributed by atoms with van der Waals surface area (Å²) in [4.78, 5) is 2.29. The monoisotopic (exact) mass is 286 g/mol. The number of ether oxygens (including phenoxy) is 1. The predicted molar refractivity (Wildman–Crippen MR) is 84.0 cm³/mol. The number of hydrogen-bond acceptors (Lipinski definition) is 4. The number of likely N-dealkylation sites (N-methyl/N-ethyl adjacent to an activating group) is 1. The molecule has 4 nitrogen and oxygen atoms in total. The lowest BCUT2D eigenvalue weighted by molar-refractivity contribution is -0.0800. The fourth-order valence-corrected chi connectivity index (χ4v) is 2.86. The van der Waals surface area contributed by atoms with Gasteiger partial charge in [0.25, 0.3) is 0 Å². The molecular formula is C16H34N2O2. The van der Waals surface area contributed by atoms with Gasteiger partial charge in [-0.05, 0) is 18.9 Å². The van der Waals surface area contributed by atoms with Crippen LogP contribution in [-0.2, 0) is 4.74 Å². The molecule has 0 aromatic carbocycles. The summed E-state index contributed by atoms with van der Waals surface area (Å²) in [6.07, 6.45) is 2.65. The van der Waals surface area contributed by atoms with E-state index >= 15 is 0 Å². The van der Waals surface area contributed by atoms with Crippen LogP contribution in [-0.4, -0.2) is 61.5 Å². The molecule has 1 aliphatic rings. The number of rotatable bonds is 8. The molecule has 0 saturated carbocycles. The van der Waals surface area contributed by atoms with Crippen molar-refractivity contribution in [2.75, 3.05) is 39.9 Å². The van der Waals surface area contributed by atoms with E-state index in [0.717, 1.165) is 38.9 Å². The van der Waals surface area contributed by atoms with E-state index in [1.165, 1.54) is 0 Å². The van der Waals surface area contributed by atoms with E-state index in [-0.39, 0.29) is 5.41 Å². The van der Waals surface area contributed by atoms with E-state index in [1.807, 2.05) is 0 Å². The molecular weight excluding hydrogens is 252 g/mol. The summed E-state index contributed by atoms with van der Waals surface area (Å²) in [6, 6.07) is 0.519. The largest absolute Gasteiger partial charge is 0.388 e. The summed E-state index contributed by atoms with van der Waals surface area (Å²) in [5.41, 5.74) is -0.312. The zero-order chi connectivity index (χ0) is 15.2. The highest BCUT2D eigenvalue weighted by atomic mass is 16.5. The molecule has 120 valence electrons. The van der Waals surface area contributed by atoms with Crippen LogP contribution in [0.4, 0.5) is 0 Å². The van der Waals surface area contributed by atoms with Gasteiger partial charge < -0.3 is 20.1 Å². The summed E-state index contributed by atoms with van der Waals surface area (Å²) in [7, 11) is 2.12. The van der Waals surface area contributed by atoms with Crippen LogP contribution in [0.3, 0.4) is 0 Å². The zero-order valence-corrected chi connectivity index (χ0v) is 14.0. The van der Waals surface area contributed by atoms with Crippen LogP contribution in [0.1, 0.15) is 47.0 Å². The molecule has 0 aromatic heterocycles. The maximum Gasteiger partial charge on any atom is 0.0817 e. The lowest BCUT2D eigenvalue weighted by Gasteiger charge is -2.39. The summed E-state index contributed by atoms with van der Waals surface area (Å²) in [6.45, 7) is 13.1. The first-order valence-corrected chi connectivity index (χ1v) is 8.01. The van der Waals surface area contributed by atoms with Crippen molar-refractivity contribution in [2.24, 2.45) is 5.41 Å². The second kappa shape index (κ2) is 7.74. The van der Waals surface area contributed by atoms with Crippen molar-refractivity contribution in [3.63, 3.8) is 0 Å². The SMILES string of the molecule is CCC(C)(CNC(C)C)CN(C)CC1(O)CCOCC1. The van der Waals surface area contributed by atoms with E-state index in [9.17, 15) is 5.11 Å². The summed E-state index contributed by atoms with van der Waals surface area (Å²) in [5.74, 6) is 0. The minimum absolute atomic E-state index is 0.251. The molecule has 2 N–H and O–H groups in total. The van der Waals surface area contributed by atoms with Crippen molar-refractivity contribution in [1.29, 1.82) is 0 Å². The normalized spacial score (nSPS) is 22.2. The summed E-state index contributed by atoms with van der Waals surface area (Å²) in [5, 5.41) is 14.1. The molecule has 0 aromatic rings. The molecule has 20 heavy (non-hydrogen) atoms. The fraction of sp³-hybridized carbons (Fsp3) is 1.00. The Kier molecular flexibility index (Phi) is 6.92. The molecule has 1 rings (SSSR count). The van der Waals surface area contributed by atoms with E-state index in [0.29, 0.717) is 19.3 Å². The van der Waals surface area contributed by atoms with Crippen LogP contribution in [0, 0.1) is 5.41 Å². The molecule has 4 heteroatoms. The van der Waals surface area contributed by atoms with Crippen LogP contribution < -0.4 is 5.32 Å². The quantitative estimate of drug-likeness (QED) is 0.715. The Labute approximate surface area is 124 Å². The molecule has 1 fully saturated rings. The molecule has 0 spiro atoms. The fourth-order valence-electron chi connectivity index (χ4n) is 2.86. The Bertz CT molecular complexity index is 278. The maximum absolute atomic E-state index is 10.6. The third-order valence-corrected chi connectivity index (χ3v) is 4.43. The molecule has 1 heterocycles. The van der Waals surface area contributed by atoms with Gasteiger partial charge in [0.1, 0.15) is 0 Å². The highest BCUT2D eigenvalue weighted by molar-refractivity contribution is 4.87. The first-order valence-electron chi connectivity index (χ1n) is 8.01. The Morgan fingerprint density at radius 2 is 1.95 bits per heavy atom. The van der Waals surface area contributed by atoms with Crippen LogP contribution in [0.5, 0.6) is 0 Å². The van der Waals surface area contributed by atoms with Crippen LogP contribution in [0.25, 0.3) is 0 Å². The van der Waals surface area contributed by atoms with Gasteiger partial charge in [-0.25, -0.2) is 0 Å². The van der Waals surface area contributed by atoms with Gasteiger partial charge in [0.05, 0.1) is 5.60 Å². The molecule has 1 aliphatic heterocycles. The first kappa shape index (κ1) is 17.9. The van der Waals surface area contributed by atoms with Crippen molar-refractivity contribution in [3.8, 4) is 0 Å². The zero-order valence-electron chi connectivity index (χ0n) is 14.0. The average Bonchev–Trinajstić information content (AvgIpc) is 2.36. The van der Waals surface area contributed by atoms with Gasteiger partial charge in [-0.15, -0.1) is 0 Å². The molecule has 0 bridgehead atoms. The molecule has 1 unspecified atom stereocenters. The lowest BCUT2D eigenvalue weighted by atomic mass is 9.85. The van der Waals surface area contributed by atoms with Crippen molar-refractivity contribution >= 4 is 0 Å². The topological polar surface area (TPSA) is 44.7 Å². The van der Waals surface area contributed by atoms with Gasteiger partial charge >= 0.3 is 0 Å². The third-order valence-electron chi connectivity index (χ3n) is 4.43. The molecule has 0 amide bonds. The minimum Gasteiger partial charge on any atom is -0.388 e. The third kappa shape index (κ3) is 6.08. The van der Waals surface area contributed by atoms with Gasteiger partial charge in [0, 0.05) is 51.7 Å². The highest BCUT2D eigenvalue weighted by Crippen LogP contribution is 2.25. The number of aliphatic hydroxyl groups is 1. The average molecular weight is 286 g/mol.